The van der Waals surface area contributed by atoms with Crippen LogP contribution in [0.5, 0.6) is 17.2 Å². The van der Waals surface area contributed by atoms with Crippen molar-refractivity contribution in [2.45, 2.75) is 0 Å². The normalized spacial score (nSPS) is 9.86. The lowest BCUT2D eigenvalue weighted by atomic mass is 10.2. The Labute approximate surface area is 126 Å². The summed E-state index contributed by atoms with van der Waals surface area (Å²) < 4.78 is 15.4. The number of hydrogen-bond acceptors (Lipinski definition) is 5. The summed E-state index contributed by atoms with van der Waals surface area (Å²) in [7, 11) is 1.49. The Morgan fingerprint density at radius 3 is 2.18 bits per heavy atom. The Balaban J connectivity index is 2.01. The van der Waals surface area contributed by atoms with E-state index in [2.05, 4.69) is 0 Å². The number of para-hydroxylation sites is 3. The topological polar surface area (TPSA) is 82.1 Å². The van der Waals surface area contributed by atoms with Crippen LogP contribution in [0.2, 0.25) is 0 Å². The van der Waals surface area contributed by atoms with E-state index in [1.165, 1.54) is 19.2 Å². The van der Waals surface area contributed by atoms with E-state index in [-0.39, 0.29) is 17.9 Å². The molecule has 0 spiro atoms. The standard InChI is InChI=1S/C16H14O6/c1-20-13-8-4-5-9-14(13)21-10-15(17)22-12-7-3-2-6-11(12)16(18)19/h2-9H,10H2,1H3,(H,18,19). The first-order chi connectivity index (χ1) is 10.6. The van der Waals surface area contributed by atoms with Crippen molar-refractivity contribution in [3.05, 3.63) is 54.1 Å². The van der Waals surface area contributed by atoms with E-state index >= 15 is 0 Å². The summed E-state index contributed by atoms with van der Waals surface area (Å²) in [4.78, 5) is 22.8. The second-order valence-corrected chi connectivity index (χ2v) is 4.21. The molecule has 0 unspecified atom stereocenters. The first kappa shape index (κ1) is 15.4. The molecule has 0 aliphatic rings. The Morgan fingerprint density at radius 1 is 0.955 bits per heavy atom. The fraction of sp³-hybridized carbons (Fsp3) is 0.125. The minimum atomic E-state index is -1.17. The monoisotopic (exact) mass is 302 g/mol. The van der Waals surface area contributed by atoms with Crippen LogP contribution >= 0.6 is 0 Å². The van der Waals surface area contributed by atoms with Crippen molar-refractivity contribution in [3.63, 3.8) is 0 Å². The van der Waals surface area contributed by atoms with Crippen molar-refractivity contribution in [2.24, 2.45) is 0 Å². The largest absolute Gasteiger partial charge is 0.493 e. The molecule has 2 aromatic rings. The van der Waals surface area contributed by atoms with Crippen molar-refractivity contribution in [2.75, 3.05) is 13.7 Å². The predicted octanol–water partition coefficient (Wildman–Crippen LogP) is 2.38. The van der Waals surface area contributed by atoms with Crippen molar-refractivity contribution in [1.29, 1.82) is 0 Å². The predicted molar refractivity (Wildman–Crippen MR) is 77.5 cm³/mol. The van der Waals surface area contributed by atoms with Crippen LogP contribution in [0.3, 0.4) is 0 Å². The van der Waals surface area contributed by atoms with E-state index in [1.54, 1.807) is 36.4 Å². The molecule has 0 radical (unpaired) electrons. The molecule has 0 bridgehead atoms. The number of carbonyl (C=O) groups excluding carboxylic acids is 1. The second kappa shape index (κ2) is 7.12. The number of carboxylic acid groups (broad SMARTS) is 1. The van der Waals surface area contributed by atoms with Gasteiger partial charge in [0.1, 0.15) is 11.3 Å². The summed E-state index contributed by atoms with van der Waals surface area (Å²) in [6.45, 7) is -0.367. The van der Waals surface area contributed by atoms with Gasteiger partial charge >= 0.3 is 11.9 Å². The van der Waals surface area contributed by atoms with E-state index < -0.39 is 11.9 Å². The quantitative estimate of drug-likeness (QED) is 0.651. The zero-order chi connectivity index (χ0) is 15.9. The van der Waals surface area contributed by atoms with Gasteiger partial charge in [0.25, 0.3) is 0 Å². The summed E-state index contributed by atoms with van der Waals surface area (Å²) in [6.07, 6.45) is 0. The lowest BCUT2D eigenvalue weighted by molar-refractivity contribution is -0.136. The van der Waals surface area contributed by atoms with Crippen LogP contribution in [0.25, 0.3) is 0 Å². The Kier molecular flexibility index (Phi) is 4.98. The highest BCUT2D eigenvalue weighted by Gasteiger charge is 2.14. The summed E-state index contributed by atoms with van der Waals surface area (Å²) in [5, 5.41) is 9.02. The minimum Gasteiger partial charge on any atom is -0.493 e. The highest BCUT2D eigenvalue weighted by Crippen LogP contribution is 2.25. The first-order valence-electron chi connectivity index (χ1n) is 6.40. The van der Waals surface area contributed by atoms with Crippen LogP contribution < -0.4 is 14.2 Å². The molecule has 1 N–H and O–H groups in total. The Bertz CT molecular complexity index is 680. The number of aromatic carboxylic acids is 1. The van der Waals surface area contributed by atoms with Crippen LogP contribution in [-0.2, 0) is 4.79 Å². The maximum atomic E-state index is 11.8. The van der Waals surface area contributed by atoms with Crippen LogP contribution in [0.1, 0.15) is 10.4 Å². The van der Waals surface area contributed by atoms with Gasteiger partial charge in [-0.15, -0.1) is 0 Å². The van der Waals surface area contributed by atoms with Crippen molar-refractivity contribution < 1.29 is 28.9 Å². The molecule has 6 heteroatoms. The zero-order valence-corrected chi connectivity index (χ0v) is 11.8. The number of ether oxygens (including phenoxy) is 3. The van der Waals surface area contributed by atoms with Crippen LogP contribution in [-0.4, -0.2) is 30.8 Å². The number of benzene rings is 2. The van der Waals surface area contributed by atoms with Crippen LogP contribution in [0.15, 0.2) is 48.5 Å². The van der Waals surface area contributed by atoms with Gasteiger partial charge in [-0.05, 0) is 24.3 Å². The SMILES string of the molecule is COc1ccccc1OCC(=O)Oc1ccccc1C(=O)O. The highest BCUT2D eigenvalue weighted by atomic mass is 16.6. The number of carbonyl (C=O) groups is 2. The summed E-state index contributed by atoms with van der Waals surface area (Å²) >= 11 is 0. The number of carboxylic acids is 1. The van der Waals surface area contributed by atoms with Gasteiger partial charge in [-0.2, -0.15) is 0 Å². The van der Waals surface area contributed by atoms with Gasteiger partial charge in [0, 0.05) is 0 Å². The number of methoxy groups -OCH3 is 1. The van der Waals surface area contributed by atoms with Gasteiger partial charge in [-0.3, -0.25) is 0 Å². The fourth-order valence-corrected chi connectivity index (χ4v) is 1.76. The Hall–Kier alpha value is -3.02. The van der Waals surface area contributed by atoms with Gasteiger partial charge in [0.15, 0.2) is 18.1 Å². The van der Waals surface area contributed by atoms with E-state index in [4.69, 9.17) is 19.3 Å². The third kappa shape index (κ3) is 3.76. The summed E-state index contributed by atoms with van der Waals surface area (Å²) in [5.41, 5.74) is -0.0897. The molecule has 0 amide bonds. The third-order valence-corrected chi connectivity index (χ3v) is 2.76. The zero-order valence-electron chi connectivity index (χ0n) is 11.8. The second-order valence-electron chi connectivity index (χ2n) is 4.21. The molecule has 0 atom stereocenters. The van der Waals surface area contributed by atoms with Gasteiger partial charge in [0.2, 0.25) is 0 Å². The molecule has 114 valence electrons. The molecule has 2 rings (SSSR count). The van der Waals surface area contributed by atoms with Gasteiger partial charge < -0.3 is 19.3 Å². The maximum Gasteiger partial charge on any atom is 0.349 e. The van der Waals surface area contributed by atoms with E-state index in [9.17, 15) is 9.59 Å². The third-order valence-electron chi connectivity index (χ3n) is 2.76. The van der Waals surface area contributed by atoms with Crippen LogP contribution in [0, 0.1) is 0 Å². The molecule has 0 saturated carbocycles. The molecular weight excluding hydrogens is 288 g/mol. The van der Waals surface area contributed by atoms with Crippen molar-refractivity contribution in [3.8, 4) is 17.2 Å². The van der Waals surface area contributed by atoms with Crippen LogP contribution in [0.4, 0.5) is 0 Å². The maximum absolute atomic E-state index is 11.8. The summed E-state index contributed by atoms with van der Waals surface area (Å²) in [6, 6.07) is 12.7. The fourth-order valence-electron chi connectivity index (χ4n) is 1.76. The minimum absolute atomic E-state index is 0.0244. The Morgan fingerprint density at radius 2 is 1.55 bits per heavy atom. The van der Waals surface area contributed by atoms with E-state index in [0.29, 0.717) is 11.5 Å². The molecule has 22 heavy (non-hydrogen) atoms. The number of rotatable bonds is 6. The molecule has 0 aliphatic carbocycles. The molecule has 6 nitrogen and oxygen atoms in total. The number of hydrogen-bond donors (Lipinski definition) is 1. The molecule has 0 saturated heterocycles. The highest BCUT2D eigenvalue weighted by molar-refractivity contribution is 5.92. The average Bonchev–Trinajstić information content (AvgIpc) is 2.53. The van der Waals surface area contributed by atoms with Crippen molar-refractivity contribution in [1.82, 2.24) is 0 Å². The molecular formula is C16H14O6. The first-order valence-corrected chi connectivity index (χ1v) is 6.40. The molecule has 0 aromatic heterocycles. The van der Waals surface area contributed by atoms with E-state index in [1.807, 2.05) is 0 Å². The van der Waals surface area contributed by atoms with Gasteiger partial charge in [-0.25, -0.2) is 9.59 Å². The van der Waals surface area contributed by atoms with Gasteiger partial charge in [0.05, 0.1) is 7.11 Å². The lowest BCUT2D eigenvalue weighted by Crippen LogP contribution is -2.19. The number of esters is 1. The van der Waals surface area contributed by atoms with Gasteiger partial charge in [-0.1, -0.05) is 24.3 Å². The lowest BCUT2D eigenvalue weighted by Gasteiger charge is -2.10. The smallest absolute Gasteiger partial charge is 0.349 e. The average molecular weight is 302 g/mol. The molecule has 0 aliphatic heterocycles. The molecule has 2 aromatic carbocycles. The molecule has 0 fully saturated rings. The summed E-state index contributed by atoms with van der Waals surface area (Å²) in [5.74, 6) is -1.02. The van der Waals surface area contributed by atoms with E-state index in [0.717, 1.165) is 0 Å². The molecule has 0 heterocycles. The van der Waals surface area contributed by atoms with Crippen molar-refractivity contribution >= 4 is 11.9 Å².